The highest BCUT2D eigenvalue weighted by atomic mass is 32.1. The summed E-state index contributed by atoms with van der Waals surface area (Å²) < 4.78 is 7.02. The Balaban J connectivity index is 2.16. The van der Waals surface area contributed by atoms with E-state index < -0.39 is 11.2 Å². The molecule has 0 aliphatic heterocycles. The minimum absolute atomic E-state index is 0.629. The molecule has 95 valence electrons. The maximum Gasteiger partial charge on any atom is 0.332 e. The average molecular weight is 261 g/mol. The van der Waals surface area contributed by atoms with Crippen molar-refractivity contribution in [2.75, 3.05) is 0 Å². The quantitative estimate of drug-likeness (QED) is 0.857. The third-order valence-corrected chi connectivity index (χ3v) is 4.45. The first kappa shape index (κ1) is 13.6. The van der Waals surface area contributed by atoms with Gasteiger partial charge in [0.15, 0.2) is 0 Å². The van der Waals surface area contributed by atoms with Crippen molar-refractivity contribution >= 4 is 34.4 Å². The Hall–Kier alpha value is -0.835. The van der Waals surface area contributed by atoms with Crippen LogP contribution < -0.4 is 5.46 Å². The molecule has 1 radical (unpaired) electrons. The van der Waals surface area contributed by atoms with Gasteiger partial charge in [-0.15, -0.1) is 11.3 Å². The number of fused-ring (bicyclic) bond motifs is 1. The van der Waals surface area contributed by atoms with Crippen molar-refractivity contribution in [2.24, 2.45) is 0 Å². The topological polar surface area (TPSA) is 29.5 Å². The highest BCUT2D eigenvalue weighted by molar-refractivity contribution is 7.18. The Bertz CT molecular complexity index is 540. The summed E-state index contributed by atoms with van der Waals surface area (Å²) in [5, 5.41) is 13.3. The van der Waals surface area contributed by atoms with Crippen LogP contribution in [0, 0.1) is 0 Å². The number of hydrogen-bond acceptors (Lipinski definition) is 3. The van der Waals surface area contributed by atoms with E-state index in [1.54, 1.807) is 32.7 Å². The van der Waals surface area contributed by atoms with Crippen LogP contribution in [-0.4, -0.2) is 23.8 Å². The molecule has 0 amide bonds. The molecule has 0 bridgehead atoms. The predicted molar refractivity (Wildman–Crippen MR) is 78.7 cm³/mol. The van der Waals surface area contributed by atoms with E-state index in [1.165, 1.54) is 10.1 Å². The lowest BCUT2D eigenvalue weighted by atomic mass is 9.82. The molecule has 1 aromatic heterocycles. The van der Waals surface area contributed by atoms with E-state index in [0.29, 0.717) is 0 Å². The summed E-state index contributed by atoms with van der Waals surface area (Å²) in [6.45, 7) is 7.29. The van der Waals surface area contributed by atoms with E-state index in [1.807, 2.05) is 26.0 Å². The highest BCUT2D eigenvalue weighted by Crippen LogP contribution is 2.25. The molecule has 4 heteroatoms. The van der Waals surface area contributed by atoms with Crippen LogP contribution in [0.3, 0.4) is 0 Å². The van der Waals surface area contributed by atoms with E-state index in [-0.39, 0.29) is 0 Å². The van der Waals surface area contributed by atoms with E-state index in [4.69, 9.17) is 4.65 Å². The summed E-state index contributed by atoms with van der Waals surface area (Å²) in [5.74, 6) is 0. The van der Waals surface area contributed by atoms with Gasteiger partial charge >= 0.3 is 7.48 Å². The minimum Gasteiger partial charge on any atom is -0.427 e. The highest BCUT2D eigenvalue weighted by Gasteiger charge is 2.35. The fourth-order valence-electron chi connectivity index (χ4n) is 1.44. The Kier molecular flexibility index (Phi) is 3.54. The molecule has 2 rings (SSSR count). The van der Waals surface area contributed by atoms with Gasteiger partial charge in [-0.25, -0.2) is 0 Å². The van der Waals surface area contributed by atoms with Crippen molar-refractivity contribution in [1.82, 2.24) is 0 Å². The van der Waals surface area contributed by atoms with Crippen molar-refractivity contribution in [3.63, 3.8) is 0 Å². The van der Waals surface area contributed by atoms with Crippen molar-refractivity contribution in [3.05, 3.63) is 29.6 Å². The van der Waals surface area contributed by atoms with Crippen molar-refractivity contribution < 1.29 is 9.76 Å². The molecule has 1 N–H and O–H groups in total. The fraction of sp³-hybridized carbons (Fsp3) is 0.429. The van der Waals surface area contributed by atoms with Crippen LogP contribution in [0.5, 0.6) is 0 Å². The zero-order chi connectivity index (χ0) is 13.4. The molecule has 1 heterocycles. The molecular formula is C14H18BO2S. The van der Waals surface area contributed by atoms with Gasteiger partial charge in [-0.2, -0.15) is 0 Å². The molecule has 0 aliphatic carbocycles. The second-order valence-electron chi connectivity index (χ2n) is 5.49. The number of hydrogen-bond donors (Lipinski definition) is 1. The maximum absolute atomic E-state index is 10.0. The monoisotopic (exact) mass is 261 g/mol. The Labute approximate surface area is 113 Å². The Morgan fingerprint density at radius 2 is 1.83 bits per heavy atom. The molecule has 0 aliphatic rings. The first-order valence-corrected chi connectivity index (χ1v) is 6.89. The summed E-state index contributed by atoms with van der Waals surface area (Å²) in [5.41, 5.74) is -0.460. The molecule has 0 atom stereocenters. The predicted octanol–water partition coefficient (Wildman–Crippen LogP) is 2.71. The van der Waals surface area contributed by atoms with Crippen LogP contribution >= 0.6 is 11.3 Å². The zero-order valence-corrected chi connectivity index (χ0v) is 12.0. The molecule has 18 heavy (non-hydrogen) atoms. The Morgan fingerprint density at radius 1 is 1.17 bits per heavy atom. The number of aliphatic hydroxyl groups is 1. The molecular weight excluding hydrogens is 243 g/mol. The van der Waals surface area contributed by atoms with Crippen molar-refractivity contribution in [2.45, 2.75) is 38.9 Å². The summed E-state index contributed by atoms with van der Waals surface area (Å²) >= 11 is 1.70. The molecule has 1 aromatic carbocycles. The lowest BCUT2D eigenvalue weighted by molar-refractivity contribution is -0.0892. The second kappa shape index (κ2) is 4.69. The summed E-state index contributed by atoms with van der Waals surface area (Å²) in [6, 6.07) is 8.23. The lowest BCUT2D eigenvalue weighted by Gasteiger charge is -2.37. The SMILES string of the molecule is CC(C)(O)C(C)(C)O[B]c1csc2ccccc12. The van der Waals surface area contributed by atoms with Crippen LogP contribution in [-0.2, 0) is 4.65 Å². The van der Waals surface area contributed by atoms with Crippen molar-refractivity contribution in [3.8, 4) is 0 Å². The zero-order valence-electron chi connectivity index (χ0n) is 11.2. The van der Waals surface area contributed by atoms with Crippen LogP contribution in [0.1, 0.15) is 27.7 Å². The van der Waals surface area contributed by atoms with Crippen LogP contribution in [0.25, 0.3) is 10.1 Å². The van der Waals surface area contributed by atoms with Gasteiger partial charge in [-0.1, -0.05) is 18.2 Å². The minimum atomic E-state index is -0.894. The average Bonchev–Trinajstić information content (AvgIpc) is 2.68. The molecule has 2 nitrogen and oxygen atoms in total. The van der Waals surface area contributed by atoms with Gasteiger partial charge in [0.2, 0.25) is 0 Å². The first-order valence-electron chi connectivity index (χ1n) is 6.01. The first-order chi connectivity index (χ1) is 8.31. The van der Waals surface area contributed by atoms with Crippen molar-refractivity contribution in [1.29, 1.82) is 0 Å². The summed E-state index contributed by atoms with van der Waals surface area (Å²) in [4.78, 5) is 0. The van der Waals surface area contributed by atoms with Crippen LogP contribution in [0.15, 0.2) is 29.6 Å². The molecule has 0 fully saturated rings. The van der Waals surface area contributed by atoms with Gasteiger partial charge in [0, 0.05) is 4.70 Å². The van der Waals surface area contributed by atoms with E-state index in [0.717, 1.165) is 5.46 Å². The molecule has 0 saturated carbocycles. The largest absolute Gasteiger partial charge is 0.427 e. The third kappa shape index (κ3) is 2.61. The van der Waals surface area contributed by atoms with Gasteiger partial charge in [-0.05, 0) is 50.0 Å². The second-order valence-corrected chi connectivity index (χ2v) is 6.40. The van der Waals surface area contributed by atoms with Crippen LogP contribution in [0.4, 0.5) is 0 Å². The lowest BCUT2D eigenvalue weighted by Crippen LogP contribution is -2.49. The van der Waals surface area contributed by atoms with E-state index >= 15 is 0 Å². The Morgan fingerprint density at radius 3 is 2.50 bits per heavy atom. The van der Waals surface area contributed by atoms with Gasteiger partial charge in [0.1, 0.15) is 0 Å². The molecule has 0 saturated heterocycles. The number of thiophene rings is 1. The number of rotatable bonds is 4. The molecule has 0 unspecified atom stereocenters. The standard InChI is InChI=1S/C14H18BO2S/c1-13(2,16)14(3,4)17-15-11-9-18-12-8-6-5-7-10(11)12/h5-9,16H,1-4H3. The van der Waals surface area contributed by atoms with E-state index in [9.17, 15) is 5.11 Å². The summed E-state index contributed by atoms with van der Waals surface area (Å²) in [7, 11) is 1.75. The van der Waals surface area contributed by atoms with Gasteiger partial charge in [0.25, 0.3) is 0 Å². The van der Waals surface area contributed by atoms with E-state index in [2.05, 4.69) is 17.5 Å². The number of benzene rings is 1. The van der Waals surface area contributed by atoms with Gasteiger partial charge in [0.05, 0.1) is 11.2 Å². The molecule has 0 spiro atoms. The smallest absolute Gasteiger partial charge is 0.332 e. The van der Waals surface area contributed by atoms with Gasteiger partial charge in [-0.3, -0.25) is 0 Å². The third-order valence-electron chi connectivity index (χ3n) is 3.46. The normalized spacial score (nSPS) is 12.9. The maximum atomic E-state index is 10.0. The van der Waals surface area contributed by atoms with Crippen LogP contribution in [0.2, 0.25) is 0 Å². The molecule has 2 aromatic rings. The van der Waals surface area contributed by atoms with Gasteiger partial charge < -0.3 is 9.76 Å². The fourth-order valence-corrected chi connectivity index (χ4v) is 2.35. The summed E-state index contributed by atoms with van der Waals surface area (Å²) in [6.07, 6.45) is 0.